The van der Waals surface area contributed by atoms with Gasteiger partial charge in [-0.1, -0.05) is 120 Å². The molecule has 0 radical (unpaired) electrons. The molecule has 4 N–H and O–H groups in total. The molecular weight excluding hydrogens is 737 g/mol. The van der Waals surface area contributed by atoms with Crippen LogP contribution in [0, 0.1) is 11.8 Å². The van der Waals surface area contributed by atoms with Crippen LogP contribution in [0.4, 0.5) is 0 Å². The zero-order valence-corrected chi connectivity index (χ0v) is 35.5. The first-order valence-electron chi connectivity index (χ1n) is 21.7. The van der Waals surface area contributed by atoms with Gasteiger partial charge in [0, 0.05) is 37.8 Å². The Morgan fingerprint density at radius 2 is 1.46 bits per heavy atom. The minimum Gasteiger partial charge on any atom is -0.457 e. The summed E-state index contributed by atoms with van der Waals surface area (Å²) in [7, 11) is -4.34. The Hall–Kier alpha value is -1.70. The van der Waals surface area contributed by atoms with Gasteiger partial charge in [-0.15, -0.1) is 0 Å². The lowest BCUT2D eigenvalue weighted by molar-refractivity contribution is -0.336. The molecule has 1 aliphatic heterocycles. The predicted octanol–water partition coefficient (Wildman–Crippen LogP) is 10.3. The Morgan fingerprint density at radius 3 is 2.16 bits per heavy atom. The van der Waals surface area contributed by atoms with Crippen LogP contribution in [0.15, 0.2) is 48.6 Å². The summed E-state index contributed by atoms with van der Waals surface area (Å²) in [6, 6.07) is 0. The van der Waals surface area contributed by atoms with Crippen LogP contribution in [-0.4, -0.2) is 73.5 Å². The van der Waals surface area contributed by atoms with Gasteiger partial charge in [0.25, 0.3) is 0 Å². The van der Waals surface area contributed by atoms with Crippen LogP contribution in [-0.2, 0) is 42.5 Å². The number of phosphoric ester groups is 1. The molecule has 0 spiro atoms. The second kappa shape index (κ2) is 33.2. The first-order chi connectivity index (χ1) is 27.3. The molecule has 0 amide bonds. The van der Waals surface area contributed by atoms with E-state index in [0.29, 0.717) is 25.9 Å². The highest BCUT2D eigenvalue weighted by atomic mass is 31.2. The van der Waals surface area contributed by atoms with E-state index in [-0.39, 0.29) is 56.8 Å². The second-order valence-corrected chi connectivity index (χ2v) is 16.5. The van der Waals surface area contributed by atoms with Gasteiger partial charge in [-0.2, -0.15) is 0 Å². The maximum atomic E-state index is 12.7. The average molecular weight is 814 g/mol. The van der Waals surface area contributed by atoms with E-state index < -0.39 is 26.0 Å². The number of allylic oxidation sites excluding steroid dienone is 5. The highest BCUT2D eigenvalue weighted by molar-refractivity contribution is 7.47. The van der Waals surface area contributed by atoms with Gasteiger partial charge >= 0.3 is 13.8 Å². The number of carbonyl (C=O) groups is 1. The van der Waals surface area contributed by atoms with Crippen LogP contribution >= 0.6 is 7.82 Å². The molecule has 7 unspecified atom stereocenters. The van der Waals surface area contributed by atoms with Gasteiger partial charge in [-0.25, -0.2) is 19.2 Å². The van der Waals surface area contributed by atoms with Crippen LogP contribution in [0.2, 0.25) is 0 Å². The molecule has 12 nitrogen and oxygen atoms in total. The minimum atomic E-state index is -4.34. The molecule has 13 heteroatoms. The molecule has 0 aromatic heterocycles. The van der Waals surface area contributed by atoms with Gasteiger partial charge in [0.2, 0.25) is 0 Å². The number of fused-ring (bicyclic) bond motifs is 2. The Kier molecular flexibility index (Phi) is 29.9. The van der Waals surface area contributed by atoms with Gasteiger partial charge in [0.1, 0.15) is 18.3 Å². The van der Waals surface area contributed by atoms with Crippen LogP contribution in [0.5, 0.6) is 0 Å². The minimum absolute atomic E-state index is 0.0148. The van der Waals surface area contributed by atoms with Crippen molar-refractivity contribution in [2.75, 3.05) is 33.0 Å². The molecule has 2 fully saturated rings. The van der Waals surface area contributed by atoms with Gasteiger partial charge in [0.05, 0.1) is 25.9 Å². The summed E-state index contributed by atoms with van der Waals surface area (Å²) in [6.45, 7) is 4.48. The van der Waals surface area contributed by atoms with Crippen molar-refractivity contribution in [1.29, 1.82) is 0 Å². The molecule has 1 heterocycles. The van der Waals surface area contributed by atoms with Crippen molar-refractivity contribution in [3.8, 4) is 0 Å². The summed E-state index contributed by atoms with van der Waals surface area (Å²) < 4.78 is 33.5. The standard InChI is InChI=1S/C43H76NO11P/c1-3-5-7-8-9-10-11-12-13-14-15-16-17-18-21-25-32-49-35-38(36-51-56(47,48)50-33-31-44)52-43(45)28-24-20-19-23-27-39-40(42-34-41(39)54-55-42)30-29-37(53-46)26-22-6-4-2/h6,12-13,19,22-23,29-30,37-42,46H,3-5,7-11,14-18,20-21,24-28,31-36,44H2,1-2H3,(H,47,48)/b13-12-,22-6-,23-19-,30-29+. The lowest BCUT2D eigenvalue weighted by Crippen LogP contribution is -2.29. The maximum Gasteiger partial charge on any atom is 0.472 e. The van der Waals surface area contributed by atoms with Crippen LogP contribution in [0.3, 0.4) is 0 Å². The van der Waals surface area contributed by atoms with Gasteiger partial charge in [-0.3, -0.25) is 19.1 Å². The van der Waals surface area contributed by atoms with E-state index in [2.05, 4.69) is 49.1 Å². The molecule has 2 rings (SSSR count). The topological polar surface area (TPSA) is 165 Å². The van der Waals surface area contributed by atoms with Crippen molar-refractivity contribution < 1.29 is 52.7 Å². The quantitative estimate of drug-likeness (QED) is 0.0136. The van der Waals surface area contributed by atoms with E-state index in [1.54, 1.807) is 0 Å². The Morgan fingerprint density at radius 1 is 0.804 bits per heavy atom. The Bertz CT molecular complexity index is 1150. The molecule has 2 bridgehead atoms. The van der Waals surface area contributed by atoms with Gasteiger partial charge < -0.3 is 20.1 Å². The van der Waals surface area contributed by atoms with Crippen molar-refractivity contribution in [3.05, 3.63) is 48.6 Å². The maximum absolute atomic E-state index is 12.7. The highest BCUT2D eigenvalue weighted by Crippen LogP contribution is 2.45. The monoisotopic (exact) mass is 814 g/mol. The number of ether oxygens (including phenoxy) is 2. The molecular formula is C43H76NO11P. The van der Waals surface area contributed by atoms with E-state index in [0.717, 1.165) is 44.9 Å². The van der Waals surface area contributed by atoms with Gasteiger partial charge in [0.15, 0.2) is 0 Å². The van der Waals surface area contributed by atoms with E-state index >= 15 is 0 Å². The van der Waals surface area contributed by atoms with Crippen molar-refractivity contribution in [2.45, 2.75) is 173 Å². The lowest BCUT2D eigenvalue weighted by atomic mass is 9.89. The van der Waals surface area contributed by atoms with Gasteiger partial charge in [-0.05, 0) is 64.2 Å². The average Bonchev–Trinajstić information content (AvgIpc) is 3.80. The Balaban J connectivity index is 1.65. The molecule has 0 aromatic carbocycles. The number of unbranched alkanes of at least 4 members (excludes halogenated alkanes) is 13. The summed E-state index contributed by atoms with van der Waals surface area (Å²) in [4.78, 5) is 38.3. The van der Waals surface area contributed by atoms with Crippen LogP contribution in [0.25, 0.3) is 0 Å². The smallest absolute Gasteiger partial charge is 0.457 e. The van der Waals surface area contributed by atoms with E-state index in [9.17, 15) is 19.5 Å². The van der Waals surface area contributed by atoms with Crippen molar-refractivity contribution in [1.82, 2.24) is 0 Å². The summed E-state index contributed by atoms with van der Waals surface area (Å²) in [5, 5.41) is 9.30. The summed E-state index contributed by atoms with van der Waals surface area (Å²) in [5.41, 5.74) is 5.37. The number of phosphoric acid groups is 1. The summed E-state index contributed by atoms with van der Waals surface area (Å²) in [6.07, 6.45) is 37.4. The molecule has 1 saturated carbocycles. The fraction of sp³-hybridized carbons (Fsp3) is 0.791. The van der Waals surface area contributed by atoms with E-state index in [4.69, 9.17) is 34.0 Å². The molecule has 56 heavy (non-hydrogen) atoms. The largest absolute Gasteiger partial charge is 0.472 e. The van der Waals surface area contributed by atoms with Crippen LogP contribution in [0.1, 0.15) is 149 Å². The molecule has 7 atom stereocenters. The molecule has 2 aliphatic rings. The number of hydrogen-bond acceptors (Lipinski definition) is 11. The Labute approximate surface area is 338 Å². The van der Waals surface area contributed by atoms with E-state index in [1.165, 1.54) is 64.2 Å². The molecule has 324 valence electrons. The van der Waals surface area contributed by atoms with Crippen molar-refractivity contribution >= 4 is 13.8 Å². The first-order valence-corrected chi connectivity index (χ1v) is 23.2. The SMILES string of the molecule is CC/C=C\CC(/C=C/C1C2CC(OO2)C1C/C=C\CCCC(=O)OC(COCCCCCCCC/C=C\CCCCCCCC)COP(=O)(O)OCCN)OO. The summed E-state index contributed by atoms with van der Waals surface area (Å²) in [5.74, 6) is -0.0353. The normalized spacial score (nSPS) is 21.9. The zero-order chi connectivity index (χ0) is 40.5. The van der Waals surface area contributed by atoms with Crippen LogP contribution < -0.4 is 5.73 Å². The van der Waals surface area contributed by atoms with E-state index in [1.807, 2.05) is 18.2 Å². The number of rotatable bonds is 37. The molecule has 1 saturated heterocycles. The number of carbonyl (C=O) groups excluding carboxylic acids is 1. The number of nitrogens with two attached hydrogens (primary N) is 1. The van der Waals surface area contributed by atoms with Crippen molar-refractivity contribution in [2.24, 2.45) is 17.6 Å². The third-order valence-corrected chi connectivity index (χ3v) is 11.1. The zero-order valence-electron chi connectivity index (χ0n) is 34.6. The fourth-order valence-electron chi connectivity index (χ4n) is 6.97. The third-order valence-electron chi connectivity index (χ3n) is 10.1. The lowest BCUT2D eigenvalue weighted by Gasteiger charge is -2.27. The second-order valence-electron chi connectivity index (χ2n) is 15.0. The predicted molar refractivity (Wildman–Crippen MR) is 221 cm³/mol. The summed E-state index contributed by atoms with van der Waals surface area (Å²) >= 11 is 0. The third kappa shape index (κ3) is 24.3. The number of esters is 1. The highest BCUT2D eigenvalue weighted by Gasteiger charge is 2.49. The van der Waals surface area contributed by atoms with Crippen molar-refractivity contribution in [3.63, 3.8) is 0 Å². The number of hydrogen-bond donors (Lipinski definition) is 3. The fourth-order valence-corrected chi connectivity index (χ4v) is 7.73. The molecule has 1 aliphatic carbocycles. The first kappa shape index (κ1) is 50.4. The molecule has 0 aromatic rings.